The molecule has 2 aromatic carbocycles. The Labute approximate surface area is 175 Å². The molecule has 0 aliphatic heterocycles. The highest BCUT2D eigenvalue weighted by Gasteiger charge is 2.17. The zero-order chi connectivity index (χ0) is 20.8. The first kappa shape index (κ1) is 20.9. The number of hydrogen-bond donors (Lipinski definition) is 1. The quantitative estimate of drug-likeness (QED) is 0.505. The standard InChI is InChI=1S/C23H25ClFN3O/c1-17(2)14-28(23(29)26-21-10-8-19(24)9-11-21)16-22-7-4-12-27(22)15-18-5-3-6-20(25)13-18/h3-13,17H,14-16H2,1-2H3,(H,26,29). The molecule has 0 fully saturated rings. The largest absolute Gasteiger partial charge is 0.345 e. The lowest BCUT2D eigenvalue weighted by Gasteiger charge is -2.25. The van der Waals surface area contributed by atoms with Crippen molar-refractivity contribution in [1.29, 1.82) is 0 Å². The van der Waals surface area contributed by atoms with Gasteiger partial charge in [0.2, 0.25) is 0 Å². The molecule has 0 saturated heterocycles. The van der Waals surface area contributed by atoms with Crippen LogP contribution in [0.1, 0.15) is 25.1 Å². The van der Waals surface area contributed by atoms with Crippen LogP contribution in [0.15, 0.2) is 66.9 Å². The molecule has 1 heterocycles. The van der Waals surface area contributed by atoms with Gasteiger partial charge in [0.15, 0.2) is 0 Å². The fourth-order valence-electron chi connectivity index (χ4n) is 3.17. The SMILES string of the molecule is CC(C)CN(Cc1cccn1Cc1cccc(F)c1)C(=O)Nc1ccc(Cl)cc1. The minimum absolute atomic E-state index is 0.167. The van der Waals surface area contributed by atoms with Crippen LogP contribution < -0.4 is 5.32 Å². The Morgan fingerprint density at radius 2 is 1.90 bits per heavy atom. The zero-order valence-electron chi connectivity index (χ0n) is 16.6. The summed E-state index contributed by atoms with van der Waals surface area (Å²) in [6, 6.07) is 17.4. The molecule has 6 heteroatoms. The highest BCUT2D eigenvalue weighted by molar-refractivity contribution is 6.30. The number of rotatable bonds is 7. The van der Waals surface area contributed by atoms with Gasteiger partial charge in [0.25, 0.3) is 0 Å². The molecule has 0 radical (unpaired) electrons. The number of anilines is 1. The Balaban J connectivity index is 1.74. The summed E-state index contributed by atoms with van der Waals surface area (Å²) in [6.45, 7) is 5.78. The molecule has 2 amide bonds. The maximum atomic E-state index is 13.5. The molecule has 0 atom stereocenters. The number of halogens is 2. The summed E-state index contributed by atoms with van der Waals surface area (Å²) < 4.78 is 15.5. The van der Waals surface area contributed by atoms with E-state index in [-0.39, 0.29) is 11.8 Å². The van der Waals surface area contributed by atoms with Crippen LogP contribution in [0, 0.1) is 11.7 Å². The Morgan fingerprint density at radius 3 is 2.59 bits per heavy atom. The second kappa shape index (κ2) is 9.61. The van der Waals surface area contributed by atoms with Crippen LogP contribution >= 0.6 is 11.6 Å². The van der Waals surface area contributed by atoms with E-state index in [9.17, 15) is 9.18 Å². The van der Waals surface area contributed by atoms with Gasteiger partial charge in [-0.25, -0.2) is 9.18 Å². The lowest BCUT2D eigenvalue weighted by molar-refractivity contribution is 0.200. The van der Waals surface area contributed by atoms with Crippen LogP contribution in [0.2, 0.25) is 5.02 Å². The van der Waals surface area contributed by atoms with Gasteiger partial charge >= 0.3 is 6.03 Å². The smallest absolute Gasteiger partial charge is 0.322 e. The number of benzene rings is 2. The van der Waals surface area contributed by atoms with Crippen LogP contribution in [0.5, 0.6) is 0 Å². The molecule has 0 unspecified atom stereocenters. The summed E-state index contributed by atoms with van der Waals surface area (Å²) in [5.41, 5.74) is 2.56. The molecule has 29 heavy (non-hydrogen) atoms. The predicted octanol–water partition coefficient (Wildman–Crippen LogP) is 6.02. The first-order chi connectivity index (χ1) is 13.9. The number of hydrogen-bond acceptors (Lipinski definition) is 1. The summed E-state index contributed by atoms with van der Waals surface area (Å²) >= 11 is 5.92. The maximum Gasteiger partial charge on any atom is 0.322 e. The Bertz CT molecular complexity index is 953. The molecule has 3 aromatic rings. The second-order valence-corrected chi connectivity index (χ2v) is 7.91. The van der Waals surface area contributed by atoms with Crippen LogP contribution in [-0.4, -0.2) is 22.0 Å². The summed E-state index contributed by atoms with van der Waals surface area (Å²) in [5.74, 6) is 0.0672. The van der Waals surface area contributed by atoms with E-state index in [0.29, 0.717) is 36.3 Å². The van der Waals surface area contributed by atoms with Crippen molar-refractivity contribution >= 4 is 23.3 Å². The third kappa shape index (κ3) is 6.09. The highest BCUT2D eigenvalue weighted by atomic mass is 35.5. The van der Waals surface area contributed by atoms with E-state index in [2.05, 4.69) is 19.2 Å². The van der Waals surface area contributed by atoms with Gasteiger partial charge in [-0.15, -0.1) is 0 Å². The van der Waals surface area contributed by atoms with Crippen molar-refractivity contribution in [3.8, 4) is 0 Å². The normalized spacial score (nSPS) is 10.9. The van der Waals surface area contributed by atoms with E-state index in [1.807, 2.05) is 29.0 Å². The Hall–Kier alpha value is -2.79. The van der Waals surface area contributed by atoms with Crippen LogP contribution in [0.4, 0.5) is 14.9 Å². The monoisotopic (exact) mass is 413 g/mol. The van der Waals surface area contributed by atoms with Crippen molar-refractivity contribution in [2.45, 2.75) is 26.9 Å². The van der Waals surface area contributed by atoms with Gasteiger partial charge in [-0.3, -0.25) is 0 Å². The van der Waals surface area contributed by atoms with Crippen molar-refractivity contribution in [3.05, 3.63) is 89.0 Å². The van der Waals surface area contributed by atoms with Crippen molar-refractivity contribution < 1.29 is 9.18 Å². The molecule has 1 N–H and O–H groups in total. The third-order valence-corrected chi connectivity index (χ3v) is 4.74. The number of nitrogens with zero attached hydrogens (tertiary/aromatic N) is 2. The minimum Gasteiger partial charge on any atom is -0.345 e. The lowest BCUT2D eigenvalue weighted by atomic mass is 10.2. The number of aromatic nitrogens is 1. The van der Waals surface area contributed by atoms with Crippen LogP contribution in [0.3, 0.4) is 0 Å². The van der Waals surface area contributed by atoms with E-state index < -0.39 is 0 Å². The fraction of sp³-hybridized carbons (Fsp3) is 0.261. The number of urea groups is 1. The maximum absolute atomic E-state index is 13.5. The molecule has 0 aliphatic rings. The third-order valence-electron chi connectivity index (χ3n) is 4.49. The van der Waals surface area contributed by atoms with Gasteiger partial charge < -0.3 is 14.8 Å². The zero-order valence-corrected chi connectivity index (χ0v) is 17.4. The summed E-state index contributed by atoms with van der Waals surface area (Å²) in [4.78, 5) is 14.7. The molecule has 0 bridgehead atoms. The average molecular weight is 414 g/mol. The van der Waals surface area contributed by atoms with Crippen molar-refractivity contribution in [3.63, 3.8) is 0 Å². The molecule has 3 rings (SSSR count). The van der Waals surface area contributed by atoms with Crippen molar-refractivity contribution in [2.75, 3.05) is 11.9 Å². The van der Waals surface area contributed by atoms with Gasteiger partial charge in [0.1, 0.15) is 5.82 Å². The van der Waals surface area contributed by atoms with Gasteiger partial charge in [0.05, 0.1) is 6.54 Å². The predicted molar refractivity (Wildman–Crippen MR) is 116 cm³/mol. The summed E-state index contributed by atoms with van der Waals surface area (Å²) in [7, 11) is 0. The molecule has 4 nitrogen and oxygen atoms in total. The fourth-order valence-corrected chi connectivity index (χ4v) is 3.30. The summed E-state index contributed by atoms with van der Waals surface area (Å²) in [5, 5.41) is 3.56. The van der Waals surface area contributed by atoms with E-state index in [1.54, 1.807) is 35.2 Å². The van der Waals surface area contributed by atoms with Gasteiger partial charge in [-0.1, -0.05) is 37.6 Å². The van der Waals surface area contributed by atoms with Crippen LogP contribution in [0.25, 0.3) is 0 Å². The molecule has 1 aromatic heterocycles. The van der Waals surface area contributed by atoms with Crippen molar-refractivity contribution in [1.82, 2.24) is 9.47 Å². The van der Waals surface area contributed by atoms with E-state index in [4.69, 9.17) is 11.6 Å². The topological polar surface area (TPSA) is 37.3 Å². The number of nitrogens with one attached hydrogen (secondary N) is 1. The van der Waals surface area contributed by atoms with E-state index in [0.717, 1.165) is 11.3 Å². The van der Waals surface area contributed by atoms with E-state index in [1.165, 1.54) is 12.1 Å². The molecular weight excluding hydrogens is 389 g/mol. The molecule has 0 saturated carbocycles. The Morgan fingerprint density at radius 1 is 1.14 bits per heavy atom. The molecule has 0 aliphatic carbocycles. The lowest BCUT2D eigenvalue weighted by Crippen LogP contribution is -2.37. The second-order valence-electron chi connectivity index (χ2n) is 7.47. The van der Waals surface area contributed by atoms with Gasteiger partial charge in [-0.05, 0) is 60.0 Å². The van der Waals surface area contributed by atoms with Gasteiger partial charge in [0, 0.05) is 35.7 Å². The average Bonchev–Trinajstić information content (AvgIpc) is 3.09. The van der Waals surface area contributed by atoms with Gasteiger partial charge in [-0.2, -0.15) is 0 Å². The molecular formula is C23H25ClFN3O. The van der Waals surface area contributed by atoms with Crippen molar-refractivity contribution in [2.24, 2.45) is 5.92 Å². The first-order valence-corrected chi connectivity index (χ1v) is 9.98. The highest BCUT2D eigenvalue weighted by Crippen LogP contribution is 2.17. The molecule has 152 valence electrons. The number of carbonyl (C=O) groups is 1. The number of amides is 2. The first-order valence-electron chi connectivity index (χ1n) is 9.60. The minimum atomic E-state index is -0.250. The Kier molecular flexibility index (Phi) is 6.94. The van der Waals surface area contributed by atoms with Crippen LogP contribution in [-0.2, 0) is 13.1 Å². The van der Waals surface area contributed by atoms with E-state index >= 15 is 0 Å². The summed E-state index contributed by atoms with van der Waals surface area (Å²) in [6.07, 6.45) is 1.95. The molecule has 0 spiro atoms. The number of carbonyl (C=O) groups excluding carboxylic acids is 1.